The fraction of sp³-hybridized carbons (Fsp3) is 0. The van der Waals surface area contributed by atoms with Crippen LogP contribution in [0.25, 0.3) is 0 Å². The van der Waals surface area contributed by atoms with Crippen LogP contribution in [0.3, 0.4) is 0 Å². The van der Waals surface area contributed by atoms with Gasteiger partial charge in [-0.05, 0) is 0 Å². The van der Waals surface area contributed by atoms with Crippen LogP contribution in [0.4, 0.5) is 0 Å². The van der Waals surface area contributed by atoms with E-state index in [1.165, 1.54) is 0 Å². The van der Waals surface area contributed by atoms with E-state index >= 15 is 0 Å². The Morgan fingerprint density at radius 3 is 0.615 bits per heavy atom. The molecule has 0 spiro atoms. The maximum absolute atomic E-state index is 8.52. The molecule has 64 valence electrons. The molecule has 0 aliphatic heterocycles. The van der Waals surface area contributed by atoms with Gasteiger partial charge in [0.2, 0.25) is 0 Å². The van der Waals surface area contributed by atoms with E-state index in [0.717, 1.165) is 0 Å². The first-order valence-electron chi connectivity index (χ1n) is 1.22. The molecular weight excluding hydrogens is 602 g/mol. The molecule has 0 aromatic heterocycles. The molecule has 0 fully saturated rings. The zero-order chi connectivity index (χ0) is 7.15. The number of halogens is 2. The van der Waals surface area contributed by atoms with E-state index in [0.29, 0.717) is 0 Å². The first kappa shape index (κ1) is 43.7. The zero-order valence-corrected chi connectivity index (χ0v) is 21.6. The summed E-state index contributed by atoms with van der Waals surface area (Å²) in [6, 6.07) is 0. The van der Waals surface area contributed by atoms with Crippen molar-refractivity contribution in [3.05, 3.63) is 0 Å². The number of rotatable bonds is 0. The summed E-state index contributed by atoms with van der Waals surface area (Å²) in [6.45, 7) is 0. The van der Waals surface area contributed by atoms with Crippen molar-refractivity contribution in [2.45, 2.75) is 0 Å². The molecule has 13 heteroatoms. The minimum Gasteiger partial charge on any atom is -1.00 e. The van der Waals surface area contributed by atoms with Crippen LogP contribution in [0.15, 0.2) is 0 Å². The molecular formula is Ba3F2O6Si2. The Hall–Kier alpha value is 3.81. The molecule has 0 aliphatic rings. The second-order valence-electron chi connectivity index (χ2n) is 0.500. The van der Waals surface area contributed by atoms with Crippen molar-refractivity contribution in [3.8, 4) is 0 Å². The average molecular weight is 602 g/mol. The molecule has 0 saturated carbocycles. The van der Waals surface area contributed by atoms with Crippen LogP contribution in [0, 0.1) is 0 Å². The van der Waals surface area contributed by atoms with Gasteiger partial charge in [0.05, 0.1) is 0 Å². The van der Waals surface area contributed by atoms with E-state index < -0.39 is 18.3 Å². The third-order valence-corrected chi connectivity index (χ3v) is 0. The summed E-state index contributed by atoms with van der Waals surface area (Å²) in [5.74, 6) is 0. The van der Waals surface area contributed by atoms with E-state index in [9.17, 15) is 0 Å². The fourth-order valence-corrected chi connectivity index (χ4v) is 0. The second kappa shape index (κ2) is 36.0. The predicted molar refractivity (Wildman–Crippen MR) is 30.1 cm³/mol. The largest absolute Gasteiger partial charge is 2.00 e. The van der Waals surface area contributed by atoms with Crippen molar-refractivity contribution in [1.29, 1.82) is 0 Å². The Bertz CT molecular complexity index is 81.9. The monoisotopic (exact) mass is 604 g/mol. The summed E-state index contributed by atoms with van der Waals surface area (Å²) in [5.41, 5.74) is 0. The van der Waals surface area contributed by atoms with Gasteiger partial charge in [-0.15, -0.1) is 0 Å². The Morgan fingerprint density at radius 1 is 0.615 bits per heavy atom. The van der Waals surface area contributed by atoms with Crippen molar-refractivity contribution < 1.29 is 37.5 Å². The standard InChI is InChI=1S/3Ba.2FH.2O3Si/c;;;;;2*1-4(2)3/h;;;2*1H;;/q3*+2;;;2*-2/p-2. The summed E-state index contributed by atoms with van der Waals surface area (Å²) in [4.78, 5) is 34.1. The van der Waals surface area contributed by atoms with Crippen LogP contribution in [-0.4, -0.2) is 165 Å². The molecule has 0 atom stereocenters. The average Bonchev–Trinajstić information content (AvgIpc) is 1.25. The van der Waals surface area contributed by atoms with Gasteiger partial charge in [0.1, 0.15) is 0 Å². The summed E-state index contributed by atoms with van der Waals surface area (Å²) in [5, 5.41) is 0. The molecule has 0 radical (unpaired) electrons. The fourth-order valence-electron chi connectivity index (χ4n) is 0. The second-order valence-corrected chi connectivity index (χ2v) is 1.50. The van der Waals surface area contributed by atoms with E-state index in [4.69, 9.17) is 28.1 Å². The van der Waals surface area contributed by atoms with Gasteiger partial charge in [0.15, 0.2) is 0 Å². The van der Waals surface area contributed by atoms with Gasteiger partial charge in [0.25, 0.3) is 0 Å². The number of hydrogen-bond donors (Lipinski definition) is 0. The van der Waals surface area contributed by atoms with Crippen molar-refractivity contribution in [1.82, 2.24) is 0 Å². The SMILES string of the molecule is O=[Si]([O-])[O-].O=[Si]([O-])[O-].[Ba+2].[Ba+2].[Ba+2].[F-].[F-]. The van der Waals surface area contributed by atoms with Gasteiger partial charge in [-0.1, -0.05) is 0 Å². The molecule has 0 rings (SSSR count). The molecule has 13 heavy (non-hydrogen) atoms. The Labute approximate surface area is 197 Å². The molecule has 0 aromatic carbocycles. The predicted octanol–water partition coefficient (Wildman–Crippen LogP) is -12.9. The maximum Gasteiger partial charge on any atom is 2.00 e. The van der Waals surface area contributed by atoms with Gasteiger partial charge in [-0.2, -0.15) is 0 Å². The molecule has 0 saturated heterocycles. The van der Waals surface area contributed by atoms with Crippen molar-refractivity contribution >= 4 is 165 Å². The first-order valence-corrected chi connectivity index (χ1v) is 3.67. The van der Waals surface area contributed by atoms with Crippen LogP contribution in [0.1, 0.15) is 0 Å². The van der Waals surface area contributed by atoms with Crippen LogP contribution >= 0.6 is 0 Å². The van der Waals surface area contributed by atoms with Crippen LogP contribution in [-0.2, 0) is 8.92 Å². The van der Waals surface area contributed by atoms with Crippen molar-refractivity contribution in [2.24, 2.45) is 0 Å². The van der Waals surface area contributed by atoms with E-state index in [1.807, 2.05) is 0 Å². The quantitative estimate of drug-likeness (QED) is 0.254. The molecule has 0 heterocycles. The third-order valence-electron chi connectivity index (χ3n) is 0. The molecule has 0 aromatic rings. The summed E-state index contributed by atoms with van der Waals surface area (Å²) >= 11 is 0. The van der Waals surface area contributed by atoms with Gasteiger partial charge in [0, 0.05) is 18.3 Å². The summed E-state index contributed by atoms with van der Waals surface area (Å²) < 4.78 is 17.0. The normalized spacial score (nSPS) is 3.69. The van der Waals surface area contributed by atoms with Gasteiger partial charge < -0.3 is 37.5 Å². The van der Waals surface area contributed by atoms with Gasteiger partial charge >= 0.3 is 147 Å². The smallest absolute Gasteiger partial charge is 1.00 e. The van der Waals surface area contributed by atoms with Crippen molar-refractivity contribution in [3.63, 3.8) is 0 Å². The van der Waals surface area contributed by atoms with Crippen LogP contribution < -0.4 is 28.6 Å². The zero-order valence-electron chi connectivity index (χ0n) is 6.33. The van der Waals surface area contributed by atoms with E-state index in [-0.39, 0.29) is 156 Å². The van der Waals surface area contributed by atoms with E-state index in [2.05, 4.69) is 0 Å². The Morgan fingerprint density at radius 2 is 0.615 bits per heavy atom. The minimum atomic E-state index is -3.63. The van der Waals surface area contributed by atoms with Gasteiger partial charge in [-0.25, -0.2) is 0 Å². The van der Waals surface area contributed by atoms with Crippen molar-refractivity contribution in [2.75, 3.05) is 0 Å². The molecule has 6 nitrogen and oxygen atoms in total. The number of hydrogen-bond acceptors (Lipinski definition) is 6. The topological polar surface area (TPSA) is 126 Å². The van der Waals surface area contributed by atoms with E-state index in [1.54, 1.807) is 0 Å². The maximum atomic E-state index is 8.52. The summed E-state index contributed by atoms with van der Waals surface area (Å²) in [7, 11) is -7.26. The Balaban J connectivity index is -0.00000000800. The molecule has 0 bridgehead atoms. The molecule has 0 aliphatic carbocycles. The van der Waals surface area contributed by atoms with Crippen LogP contribution in [0.2, 0.25) is 0 Å². The third kappa shape index (κ3) is 208. The van der Waals surface area contributed by atoms with Gasteiger partial charge in [-0.3, -0.25) is 0 Å². The minimum absolute atomic E-state index is 0. The molecule has 0 unspecified atom stereocenters. The molecule has 0 N–H and O–H groups in total. The Kier molecular flexibility index (Phi) is 121. The first-order chi connectivity index (χ1) is 3.46. The van der Waals surface area contributed by atoms with Crippen LogP contribution in [0.5, 0.6) is 0 Å². The summed E-state index contributed by atoms with van der Waals surface area (Å²) in [6.07, 6.45) is 0. The molecule has 0 amide bonds.